The van der Waals surface area contributed by atoms with E-state index in [4.69, 9.17) is 4.74 Å². The standard InChI is InChI=1S/C20H22N4O3/c1-4-27-19(25)10-12-24(18-7-5-6-11-21-18)20(26)15-8-9-17-16(13-15)22-14(2)23(17)3/h5-9,11,13H,4,10,12H2,1-3H3. The Kier molecular flexibility index (Phi) is 5.49. The van der Waals surface area contributed by atoms with Crippen molar-refractivity contribution in [2.45, 2.75) is 20.3 Å². The number of aromatic nitrogens is 3. The molecule has 0 aliphatic carbocycles. The van der Waals surface area contributed by atoms with Gasteiger partial charge in [-0.05, 0) is 44.2 Å². The number of anilines is 1. The van der Waals surface area contributed by atoms with Crippen molar-refractivity contribution in [1.29, 1.82) is 0 Å². The quantitative estimate of drug-likeness (QED) is 0.627. The maximum absolute atomic E-state index is 13.2. The monoisotopic (exact) mass is 366 g/mol. The molecule has 0 saturated carbocycles. The molecular formula is C20H22N4O3. The van der Waals surface area contributed by atoms with Crippen LogP contribution in [0.25, 0.3) is 11.0 Å². The van der Waals surface area contributed by atoms with Gasteiger partial charge in [0.15, 0.2) is 0 Å². The number of fused-ring (bicyclic) bond motifs is 1. The second-order valence-electron chi connectivity index (χ2n) is 6.12. The predicted molar refractivity (Wildman–Crippen MR) is 103 cm³/mol. The lowest BCUT2D eigenvalue weighted by Gasteiger charge is -2.21. The predicted octanol–water partition coefficient (Wildman–Crippen LogP) is 2.88. The van der Waals surface area contributed by atoms with Crippen molar-refractivity contribution in [3.63, 3.8) is 0 Å². The van der Waals surface area contributed by atoms with E-state index in [0.717, 1.165) is 16.9 Å². The maximum Gasteiger partial charge on any atom is 0.307 e. The van der Waals surface area contributed by atoms with Gasteiger partial charge >= 0.3 is 5.97 Å². The largest absolute Gasteiger partial charge is 0.466 e. The summed E-state index contributed by atoms with van der Waals surface area (Å²) in [5.41, 5.74) is 2.21. The van der Waals surface area contributed by atoms with Gasteiger partial charge in [0.25, 0.3) is 5.91 Å². The van der Waals surface area contributed by atoms with E-state index in [1.807, 2.05) is 24.6 Å². The van der Waals surface area contributed by atoms with Gasteiger partial charge in [0.05, 0.1) is 24.1 Å². The highest BCUT2D eigenvalue weighted by atomic mass is 16.5. The van der Waals surface area contributed by atoms with Gasteiger partial charge in [-0.3, -0.25) is 14.5 Å². The summed E-state index contributed by atoms with van der Waals surface area (Å²) >= 11 is 0. The fourth-order valence-corrected chi connectivity index (χ4v) is 2.88. The van der Waals surface area contributed by atoms with Crippen LogP contribution in [-0.2, 0) is 16.6 Å². The number of carbonyl (C=O) groups excluding carboxylic acids is 2. The second kappa shape index (κ2) is 7.99. The number of aryl methyl sites for hydroxylation is 2. The van der Waals surface area contributed by atoms with E-state index in [1.54, 1.807) is 43.5 Å². The number of hydrogen-bond donors (Lipinski definition) is 0. The van der Waals surface area contributed by atoms with Crippen molar-refractivity contribution in [3.05, 3.63) is 54.0 Å². The van der Waals surface area contributed by atoms with Crippen molar-refractivity contribution in [2.24, 2.45) is 7.05 Å². The van der Waals surface area contributed by atoms with Gasteiger partial charge in [-0.1, -0.05) is 6.07 Å². The van der Waals surface area contributed by atoms with E-state index in [9.17, 15) is 9.59 Å². The Balaban J connectivity index is 1.91. The number of carbonyl (C=O) groups is 2. The molecule has 0 saturated heterocycles. The summed E-state index contributed by atoms with van der Waals surface area (Å²) in [4.78, 5) is 35.2. The molecule has 0 fully saturated rings. The number of ether oxygens (including phenoxy) is 1. The molecule has 1 amide bonds. The Morgan fingerprint density at radius 2 is 2.04 bits per heavy atom. The van der Waals surface area contributed by atoms with Crippen LogP contribution in [0.2, 0.25) is 0 Å². The molecule has 0 aliphatic rings. The molecule has 0 radical (unpaired) electrons. The third-order valence-corrected chi connectivity index (χ3v) is 4.37. The molecule has 0 unspecified atom stereocenters. The molecule has 0 aliphatic heterocycles. The van der Waals surface area contributed by atoms with E-state index in [0.29, 0.717) is 18.0 Å². The van der Waals surface area contributed by atoms with Crippen LogP contribution in [0.1, 0.15) is 29.5 Å². The van der Waals surface area contributed by atoms with E-state index < -0.39 is 0 Å². The number of esters is 1. The summed E-state index contributed by atoms with van der Waals surface area (Å²) in [6.07, 6.45) is 1.71. The number of benzene rings is 1. The summed E-state index contributed by atoms with van der Waals surface area (Å²) in [5, 5.41) is 0. The van der Waals surface area contributed by atoms with E-state index in [1.165, 1.54) is 4.90 Å². The van der Waals surface area contributed by atoms with Crippen molar-refractivity contribution >= 4 is 28.7 Å². The van der Waals surface area contributed by atoms with Crippen LogP contribution in [0.3, 0.4) is 0 Å². The second-order valence-corrected chi connectivity index (χ2v) is 6.12. The van der Waals surface area contributed by atoms with E-state index in [-0.39, 0.29) is 24.8 Å². The summed E-state index contributed by atoms with van der Waals surface area (Å²) in [5.74, 6) is 0.785. The average molecular weight is 366 g/mol. The summed E-state index contributed by atoms with van der Waals surface area (Å²) in [6.45, 7) is 4.17. The number of amides is 1. The Hall–Kier alpha value is -3.22. The Morgan fingerprint density at radius 3 is 2.74 bits per heavy atom. The van der Waals surface area contributed by atoms with Crippen LogP contribution in [0, 0.1) is 6.92 Å². The normalized spacial score (nSPS) is 10.8. The molecule has 0 N–H and O–H groups in total. The number of nitrogens with zero attached hydrogens (tertiary/aromatic N) is 4. The summed E-state index contributed by atoms with van der Waals surface area (Å²) in [6, 6.07) is 10.7. The topological polar surface area (TPSA) is 77.3 Å². The van der Waals surface area contributed by atoms with Gasteiger partial charge in [0.1, 0.15) is 11.6 Å². The fraction of sp³-hybridized carbons (Fsp3) is 0.300. The fourth-order valence-electron chi connectivity index (χ4n) is 2.88. The lowest BCUT2D eigenvalue weighted by Crippen LogP contribution is -2.34. The number of imidazole rings is 1. The van der Waals surface area contributed by atoms with Gasteiger partial charge in [0, 0.05) is 25.4 Å². The van der Waals surface area contributed by atoms with Crippen LogP contribution in [-0.4, -0.2) is 39.6 Å². The third-order valence-electron chi connectivity index (χ3n) is 4.37. The van der Waals surface area contributed by atoms with Crippen LogP contribution < -0.4 is 4.90 Å². The molecule has 27 heavy (non-hydrogen) atoms. The first-order valence-electron chi connectivity index (χ1n) is 8.83. The SMILES string of the molecule is CCOC(=O)CCN(C(=O)c1ccc2c(c1)nc(C)n2C)c1ccccn1. The van der Waals surface area contributed by atoms with Crippen molar-refractivity contribution in [2.75, 3.05) is 18.1 Å². The summed E-state index contributed by atoms with van der Waals surface area (Å²) in [7, 11) is 1.94. The van der Waals surface area contributed by atoms with Gasteiger partial charge < -0.3 is 9.30 Å². The first-order chi connectivity index (χ1) is 13.0. The molecule has 0 bridgehead atoms. The molecule has 7 heteroatoms. The minimum atomic E-state index is -0.345. The minimum Gasteiger partial charge on any atom is -0.466 e. The lowest BCUT2D eigenvalue weighted by atomic mass is 10.1. The van der Waals surface area contributed by atoms with Gasteiger partial charge in [-0.15, -0.1) is 0 Å². The highest BCUT2D eigenvalue weighted by Gasteiger charge is 2.21. The zero-order valence-electron chi connectivity index (χ0n) is 15.7. The van der Waals surface area contributed by atoms with Crippen LogP contribution in [0.4, 0.5) is 5.82 Å². The molecule has 1 aromatic carbocycles. The molecule has 3 aromatic rings. The molecule has 0 spiro atoms. The zero-order chi connectivity index (χ0) is 19.4. The smallest absolute Gasteiger partial charge is 0.307 e. The molecule has 140 valence electrons. The summed E-state index contributed by atoms with van der Waals surface area (Å²) < 4.78 is 6.95. The van der Waals surface area contributed by atoms with Crippen molar-refractivity contribution in [1.82, 2.24) is 14.5 Å². The Bertz CT molecular complexity index is 966. The van der Waals surface area contributed by atoms with Crippen molar-refractivity contribution in [3.8, 4) is 0 Å². The maximum atomic E-state index is 13.2. The molecule has 7 nitrogen and oxygen atoms in total. The first kappa shape index (κ1) is 18.6. The van der Waals surface area contributed by atoms with E-state index in [2.05, 4.69) is 9.97 Å². The van der Waals surface area contributed by atoms with Gasteiger partial charge in [0.2, 0.25) is 0 Å². The first-order valence-corrected chi connectivity index (χ1v) is 8.83. The van der Waals surface area contributed by atoms with Crippen molar-refractivity contribution < 1.29 is 14.3 Å². The highest BCUT2D eigenvalue weighted by Crippen LogP contribution is 2.20. The molecule has 0 atom stereocenters. The zero-order valence-corrected chi connectivity index (χ0v) is 15.7. The van der Waals surface area contributed by atoms with Crippen LogP contribution in [0.5, 0.6) is 0 Å². The highest BCUT2D eigenvalue weighted by molar-refractivity contribution is 6.07. The lowest BCUT2D eigenvalue weighted by molar-refractivity contribution is -0.142. The van der Waals surface area contributed by atoms with Crippen LogP contribution in [0.15, 0.2) is 42.6 Å². The Labute approximate surface area is 157 Å². The number of rotatable bonds is 6. The average Bonchev–Trinajstić information content (AvgIpc) is 2.96. The third kappa shape index (κ3) is 3.97. The molecule has 2 aromatic heterocycles. The minimum absolute atomic E-state index is 0.0983. The molecule has 3 rings (SSSR count). The van der Waals surface area contributed by atoms with Gasteiger partial charge in [-0.2, -0.15) is 0 Å². The molecular weight excluding hydrogens is 344 g/mol. The number of hydrogen-bond acceptors (Lipinski definition) is 5. The Morgan fingerprint density at radius 1 is 1.22 bits per heavy atom. The van der Waals surface area contributed by atoms with Crippen LogP contribution >= 0.6 is 0 Å². The molecule has 2 heterocycles. The number of pyridine rings is 1. The van der Waals surface area contributed by atoms with E-state index >= 15 is 0 Å². The van der Waals surface area contributed by atoms with Gasteiger partial charge in [-0.25, -0.2) is 9.97 Å².